The van der Waals surface area contributed by atoms with Gasteiger partial charge in [-0.3, -0.25) is 10.1 Å². The first-order valence-corrected chi connectivity index (χ1v) is 5.55. The van der Waals surface area contributed by atoms with Crippen molar-refractivity contribution in [3.8, 4) is 5.75 Å². The van der Waals surface area contributed by atoms with Gasteiger partial charge in [0.15, 0.2) is 6.10 Å². The Morgan fingerprint density at radius 2 is 2.06 bits per heavy atom. The first kappa shape index (κ1) is 14.0. The van der Waals surface area contributed by atoms with Crippen molar-refractivity contribution in [3.05, 3.63) is 29.8 Å². The lowest BCUT2D eigenvalue weighted by Crippen LogP contribution is -2.44. The summed E-state index contributed by atoms with van der Waals surface area (Å²) < 4.78 is 5.47. The molecular weight excluding hydrogens is 234 g/mol. The number of carbonyl (C=O) groups is 2. The second-order valence-corrected chi connectivity index (χ2v) is 3.64. The summed E-state index contributed by atoms with van der Waals surface area (Å²) in [6.07, 6.45) is -0.782. The lowest BCUT2D eigenvalue weighted by molar-refractivity contribution is -0.126. The molecule has 0 saturated carbocycles. The maximum atomic E-state index is 11.6. The Balaban J connectivity index is 2.66. The van der Waals surface area contributed by atoms with Crippen LogP contribution in [0.5, 0.6) is 5.75 Å². The molecule has 1 aromatic carbocycles. The number of para-hydroxylation sites is 1. The first-order valence-electron chi connectivity index (χ1n) is 5.55. The largest absolute Gasteiger partial charge is 0.481 e. The van der Waals surface area contributed by atoms with E-state index < -0.39 is 18.0 Å². The average Bonchev–Trinajstić information content (AvgIpc) is 2.39. The summed E-state index contributed by atoms with van der Waals surface area (Å²) in [6, 6.07) is 6.61. The van der Waals surface area contributed by atoms with Crippen molar-refractivity contribution in [2.45, 2.75) is 19.6 Å². The van der Waals surface area contributed by atoms with Gasteiger partial charge in [-0.1, -0.05) is 18.2 Å². The molecule has 6 nitrogen and oxygen atoms in total. The molecule has 0 aliphatic heterocycles. The average molecular weight is 251 g/mol. The number of nitrogens with one attached hydrogen (secondary N) is 2. The quantitative estimate of drug-likeness (QED) is 0.720. The highest BCUT2D eigenvalue weighted by Crippen LogP contribution is 2.18. The highest BCUT2D eigenvalue weighted by Gasteiger charge is 2.17. The Labute approximate surface area is 105 Å². The number of ether oxygens (including phenoxy) is 1. The second-order valence-electron chi connectivity index (χ2n) is 3.64. The van der Waals surface area contributed by atoms with Gasteiger partial charge >= 0.3 is 6.03 Å². The summed E-state index contributed by atoms with van der Waals surface area (Å²) in [5, 5.41) is 4.43. The van der Waals surface area contributed by atoms with Gasteiger partial charge in [0.1, 0.15) is 5.75 Å². The van der Waals surface area contributed by atoms with Gasteiger partial charge in [0.25, 0.3) is 5.91 Å². The molecule has 1 rings (SSSR count). The molecule has 4 N–H and O–H groups in total. The van der Waals surface area contributed by atoms with Gasteiger partial charge in [-0.05, 0) is 13.0 Å². The number of benzene rings is 1. The minimum absolute atomic E-state index is 0.319. The van der Waals surface area contributed by atoms with Gasteiger partial charge in [0, 0.05) is 19.2 Å². The number of carbonyl (C=O) groups excluding carboxylic acids is 2. The van der Waals surface area contributed by atoms with E-state index in [9.17, 15) is 9.59 Å². The predicted octanol–water partition coefficient (Wildman–Crippen LogP) is 0.368. The number of nitrogens with two attached hydrogens (primary N) is 1. The Morgan fingerprint density at radius 1 is 1.39 bits per heavy atom. The zero-order chi connectivity index (χ0) is 13.5. The van der Waals surface area contributed by atoms with Crippen LogP contribution in [0.3, 0.4) is 0 Å². The van der Waals surface area contributed by atoms with Crippen molar-refractivity contribution >= 4 is 11.9 Å². The Bertz CT molecular complexity index is 434. The van der Waals surface area contributed by atoms with E-state index in [1.165, 1.54) is 7.05 Å². The molecule has 0 radical (unpaired) electrons. The predicted molar refractivity (Wildman–Crippen MR) is 67.0 cm³/mol. The minimum Gasteiger partial charge on any atom is -0.481 e. The van der Waals surface area contributed by atoms with Crippen LogP contribution in [0.15, 0.2) is 24.3 Å². The summed E-state index contributed by atoms with van der Waals surface area (Å²) in [5.41, 5.74) is 6.36. The Hall–Kier alpha value is -2.08. The lowest BCUT2D eigenvalue weighted by Gasteiger charge is -2.16. The molecule has 0 bridgehead atoms. The van der Waals surface area contributed by atoms with Crippen LogP contribution in [0.1, 0.15) is 12.5 Å². The van der Waals surface area contributed by atoms with Crippen LogP contribution in [0.4, 0.5) is 4.79 Å². The first-order chi connectivity index (χ1) is 8.58. The Morgan fingerprint density at radius 3 is 2.67 bits per heavy atom. The number of rotatable bonds is 4. The molecular formula is C12H17N3O3. The van der Waals surface area contributed by atoms with Gasteiger partial charge in [0.2, 0.25) is 0 Å². The molecule has 0 heterocycles. The third kappa shape index (κ3) is 3.74. The van der Waals surface area contributed by atoms with Crippen LogP contribution in [0.25, 0.3) is 0 Å². The molecule has 0 spiro atoms. The van der Waals surface area contributed by atoms with E-state index in [1.807, 2.05) is 12.1 Å². The molecule has 1 atom stereocenters. The van der Waals surface area contributed by atoms with Crippen molar-refractivity contribution in [1.29, 1.82) is 0 Å². The van der Waals surface area contributed by atoms with E-state index in [0.717, 1.165) is 5.56 Å². The van der Waals surface area contributed by atoms with Crippen LogP contribution in [-0.2, 0) is 11.3 Å². The highest BCUT2D eigenvalue weighted by atomic mass is 16.5. The summed E-state index contributed by atoms with van der Waals surface area (Å²) in [6.45, 7) is 1.88. The Kier molecular flexibility index (Phi) is 5.13. The second kappa shape index (κ2) is 6.61. The number of hydrogen-bond donors (Lipinski definition) is 3. The third-order valence-corrected chi connectivity index (χ3v) is 2.33. The third-order valence-electron chi connectivity index (χ3n) is 2.33. The summed E-state index contributed by atoms with van der Waals surface area (Å²) in [4.78, 5) is 22.6. The fourth-order valence-corrected chi connectivity index (χ4v) is 1.31. The van der Waals surface area contributed by atoms with Crippen molar-refractivity contribution in [3.63, 3.8) is 0 Å². The van der Waals surface area contributed by atoms with Crippen molar-refractivity contribution in [1.82, 2.24) is 10.6 Å². The van der Waals surface area contributed by atoms with Gasteiger partial charge in [-0.2, -0.15) is 0 Å². The lowest BCUT2D eigenvalue weighted by atomic mass is 10.2. The summed E-state index contributed by atoms with van der Waals surface area (Å²) in [5.74, 6) is 0.0285. The highest BCUT2D eigenvalue weighted by molar-refractivity contribution is 5.96. The number of imide groups is 1. The molecule has 18 heavy (non-hydrogen) atoms. The van der Waals surface area contributed by atoms with Crippen molar-refractivity contribution in [2.75, 3.05) is 7.05 Å². The molecule has 0 aliphatic carbocycles. The smallest absolute Gasteiger partial charge is 0.321 e. The molecule has 0 fully saturated rings. The maximum absolute atomic E-state index is 11.6. The van der Waals surface area contributed by atoms with Crippen molar-refractivity contribution in [2.24, 2.45) is 5.73 Å². The van der Waals surface area contributed by atoms with Crippen LogP contribution in [0.2, 0.25) is 0 Å². The van der Waals surface area contributed by atoms with Gasteiger partial charge in [0.05, 0.1) is 0 Å². The zero-order valence-electron chi connectivity index (χ0n) is 10.4. The van der Waals surface area contributed by atoms with E-state index in [0.29, 0.717) is 12.3 Å². The summed E-state index contributed by atoms with van der Waals surface area (Å²) >= 11 is 0. The summed E-state index contributed by atoms with van der Waals surface area (Å²) in [7, 11) is 1.43. The van der Waals surface area contributed by atoms with Crippen LogP contribution >= 0.6 is 0 Å². The zero-order valence-corrected chi connectivity index (χ0v) is 10.4. The fraction of sp³-hybridized carbons (Fsp3) is 0.333. The van der Waals surface area contributed by atoms with E-state index in [4.69, 9.17) is 10.5 Å². The van der Waals surface area contributed by atoms with E-state index >= 15 is 0 Å². The number of amides is 3. The topological polar surface area (TPSA) is 93.5 Å². The number of hydrogen-bond acceptors (Lipinski definition) is 4. The molecule has 1 unspecified atom stereocenters. The van der Waals surface area contributed by atoms with Crippen LogP contribution in [-0.4, -0.2) is 25.1 Å². The normalized spacial score (nSPS) is 11.5. The van der Waals surface area contributed by atoms with E-state index in [1.54, 1.807) is 19.1 Å². The van der Waals surface area contributed by atoms with Crippen molar-refractivity contribution < 1.29 is 14.3 Å². The van der Waals surface area contributed by atoms with Gasteiger partial charge in [-0.25, -0.2) is 4.79 Å². The standard InChI is InChI=1S/C12H17N3O3/c1-8(11(16)15-12(17)14-2)18-10-6-4-3-5-9(10)7-13/h3-6,8H,7,13H2,1-2H3,(H2,14,15,16,17). The van der Waals surface area contributed by atoms with Gasteiger partial charge in [-0.15, -0.1) is 0 Å². The molecule has 0 aliphatic rings. The molecule has 98 valence electrons. The maximum Gasteiger partial charge on any atom is 0.321 e. The van der Waals surface area contributed by atoms with Gasteiger partial charge < -0.3 is 15.8 Å². The monoisotopic (exact) mass is 251 g/mol. The molecule has 0 saturated heterocycles. The van der Waals surface area contributed by atoms with Crippen LogP contribution < -0.4 is 21.1 Å². The number of urea groups is 1. The molecule has 0 aromatic heterocycles. The SMILES string of the molecule is CNC(=O)NC(=O)C(C)Oc1ccccc1CN. The fourth-order valence-electron chi connectivity index (χ4n) is 1.31. The van der Waals surface area contributed by atoms with Crippen LogP contribution in [0, 0.1) is 0 Å². The van der Waals surface area contributed by atoms with E-state index in [2.05, 4.69) is 10.6 Å². The molecule has 1 aromatic rings. The van der Waals surface area contributed by atoms with E-state index in [-0.39, 0.29) is 0 Å². The molecule has 6 heteroatoms. The molecule has 3 amide bonds. The minimum atomic E-state index is -0.782.